The maximum absolute atomic E-state index is 11.8. The van der Waals surface area contributed by atoms with E-state index in [0.29, 0.717) is 12.3 Å². The molecule has 2 saturated heterocycles. The maximum Gasteiger partial charge on any atom is 0.326 e. The minimum atomic E-state index is -1.03. The van der Waals surface area contributed by atoms with E-state index < -0.39 is 18.1 Å². The van der Waals surface area contributed by atoms with Crippen LogP contribution in [0.3, 0.4) is 0 Å². The van der Waals surface area contributed by atoms with E-state index >= 15 is 0 Å². The van der Waals surface area contributed by atoms with E-state index in [1.807, 2.05) is 0 Å². The number of likely N-dealkylation sites (tertiary alicyclic amines) is 1. The van der Waals surface area contributed by atoms with Crippen LogP contribution in [-0.2, 0) is 9.59 Å². The highest BCUT2D eigenvalue weighted by Crippen LogP contribution is 2.21. The van der Waals surface area contributed by atoms with Crippen LogP contribution >= 0.6 is 0 Å². The summed E-state index contributed by atoms with van der Waals surface area (Å²) in [5.74, 6) is -0.869. The van der Waals surface area contributed by atoms with Crippen LogP contribution in [0, 0.1) is 5.92 Å². The molecule has 1 unspecified atom stereocenters. The molecule has 0 bridgehead atoms. The minimum Gasteiger partial charge on any atom is -0.480 e. The van der Waals surface area contributed by atoms with Crippen LogP contribution < -0.4 is 5.32 Å². The predicted octanol–water partition coefficient (Wildman–Crippen LogP) is -1.36. The zero-order valence-electron chi connectivity index (χ0n) is 8.93. The Morgan fingerprint density at radius 2 is 2.06 bits per heavy atom. The van der Waals surface area contributed by atoms with Gasteiger partial charge in [-0.15, -0.1) is 0 Å². The molecule has 0 aliphatic carbocycles. The third-order valence-corrected chi connectivity index (χ3v) is 3.21. The molecule has 2 rings (SSSR count). The lowest BCUT2D eigenvalue weighted by atomic mass is 9.98. The number of carboxylic acid groups (broad SMARTS) is 1. The molecular weight excluding hydrogens is 212 g/mol. The first-order valence-corrected chi connectivity index (χ1v) is 5.49. The number of aliphatic hydroxyl groups is 1. The number of carboxylic acids is 1. The molecule has 0 aromatic carbocycles. The van der Waals surface area contributed by atoms with Crippen molar-refractivity contribution in [2.45, 2.75) is 25.0 Å². The first-order valence-electron chi connectivity index (χ1n) is 5.49. The summed E-state index contributed by atoms with van der Waals surface area (Å²) in [4.78, 5) is 24.0. The van der Waals surface area contributed by atoms with E-state index in [4.69, 9.17) is 5.11 Å². The van der Waals surface area contributed by atoms with Gasteiger partial charge in [0, 0.05) is 19.4 Å². The van der Waals surface area contributed by atoms with Crippen molar-refractivity contribution in [1.82, 2.24) is 10.2 Å². The van der Waals surface area contributed by atoms with E-state index in [9.17, 15) is 14.7 Å². The summed E-state index contributed by atoms with van der Waals surface area (Å²) in [6.45, 7) is 1.79. The topological polar surface area (TPSA) is 89.9 Å². The second-order valence-corrected chi connectivity index (χ2v) is 4.52. The molecule has 16 heavy (non-hydrogen) atoms. The van der Waals surface area contributed by atoms with E-state index in [2.05, 4.69) is 5.32 Å². The second-order valence-electron chi connectivity index (χ2n) is 4.52. The average Bonchev–Trinajstić information content (AvgIpc) is 2.53. The Morgan fingerprint density at radius 3 is 2.56 bits per heavy atom. The van der Waals surface area contributed by atoms with Gasteiger partial charge in [-0.2, -0.15) is 0 Å². The highest BCUT2D eigenvalue weighted by Gasteiger charge is 2.39. The summed E-state index contributed by atoms with van der Waals surface area (Å²) in [5.41, 5.74) is 0. The van der Waals surface area contributed by atoms with Gasteiger partial charge < -0.3 is 20.4 Å². The molecule has 2 fully saturated rings. The molecule has 90 valence electrons. The predicted molar refractivity (Wildman–Crippen MR) is 54.7 cm³/mol. The number of nitrogens with one attached hydrogen (secondary N) is 1. The molecule has 6 nitrogen and oxygen atoms in total. The van der Waals surface area contributed by atoms with Gasteiger partial charge in [0.15, 0.2) is 0 Å². The summed E-state index contributed by atoms with van der Waals surface area (Å²) in [7, 11) is 0. The molecule has 3 N–H and O–H groups in total. The van der Waals surface area contributed by atoms with Crippen LogP contribution in [0.1, 0.15) is 12.8 Å². The number of hydrogen-bond donors (Lipinski definition) is 3. The van der Waals surface area contributed by atoms with Gasteiger partial charge in [-0.3, -0.25) is 4.79 Å². The highest BCUT2D eigenvalue weighted by atomic mass is 16.4. The molecule has 2 aliphatic rings. The van der Waals surface area contributed by atoms with Gasteiger partial charge in [0.2, 0.25) is 5.91 Å². The standard InChI is InChI=1S/C10H16N2O4/c13-7-2-8(10(15)16)12(5-7)9(14)1-6-3-11-4-6/h6-8,11,13H,1-5H2,(H,15,16)/t7?,8-/m0/s1. The summed E-state index contributed by atoms with van der Waals surface area (Å²) in [6, 6.07) is -0.851. The van der Waals surface area contributed by atoms with Gasteiger partial charge >= 0.3 is 5.97 Å². The van der Waals surface area contributed by atoms with Crippen molar-refractivity contribution < 1.29 is 19.8 Å². The van der Waals surface area contributed by atoms with Crippen LogP contribution in [0.2, 0.25) is 0 Å². The lowest BCUT2D eigenvalue weighted by molar-refractivity contribution is -0.148. The highest BCUT2D eigenvalue weighted by molar-refractivity contribution is 5.84. The zero-order valence-corrected chi connectivity index (χ0v) is 8.93. The van der Waals surface area contributed by atoms with Crippen molar-refractivity contribution in [2.24, 2.45) is 5.92 Å². The molecule has 0 spiro atoms. The number of nitrogens with zero attached hydrogens (tertiary/aromatic N) is 1. The van der Waals surface area contributed by atoms with Crippen molar-refractivity contribution in [3.63, 3.8) is 0 Å². The van der Waals surface area contributed by atoms with Crippen LogP contribution in [0.5, 0.6) is 0 Å². The van der Waals surface area contributed by atoms with Gasteiger partial charge in [-0.1, -0.05) is 0 Å². The Balaban J connectivity index is 1.95. The average molecular weight is 228 g/mol. The molecule has 2 aliphatic heterocycles. The first-order chi connectivity index (χ1) is 7.58. The fourth-order valence-corrected chi connectivity index (χ4v) is 2.18. The maximum atomic E-state index is 11.8. The molecule has 6 heteroatoms. The normalized spacial score (nSPS) is 30.2. The Bertz CT molecular complexity index is 303. The lowest BCUT2D eigenvalue weighted by Gasteiger charge is -2.29. The first kappa shape index (κ1) is 11.3. The SMILES string of the molecule is O=C(O)[C@@H]1CC(O)CN1C(=O)CC1CNC1. The van der Waals surface area contributed by atoms with Crippen molar-refractivity contribution in [3.05, 3.63) is 0 Å². The van der Waals surface area contributed by atoms with Crippen molar-refractivity contribution in [1.29, 1.82) is 0 Å². The number of aliphatic hydroxyl groups excluding tert-OH is 1. The number of rotatable bonds is 3. The van der Waals surface area contributed by atoms with Crippen molar-refractivity contribution in [3.8, 4) is 0 Å². The van der Waals surface area contributed by atoms with E-state index in [-0.39, 0.29) is 18.9 Å². The second kappa shape index (κ2) is 4.39. The van der Waals surface area contributed by atoms with E-state index in [0.717, 1.165) is 13.1 Å². The Labute approximate surface area is 93.2 Å². The molecule has 0 radical (unpaired) electrons. The van der Waals surface area contributed by atoms with Gasteiger partial charge in [0.05, 0.1) is 6.10 Å². The molecular formula is C10H16N2O4. The van der Waals surface area contributed by atoms with E-state index in [1.165, 1.54) is 4.90 Å². The van der Waals surface area contributed by atoms with Crippen molar-refractivity contribution >= 4 is 11.9 Å². The third-order valence-electron chi connectivity index (χ3n) is 3.21. The number of hydrogen-bond acceptors (Lipinski definition) is 4. The van der Waals surface area contributed by atoms with E-state index in [1.54, 1.807) is 0 Å². The number of β-amino-alcohol motifs (C(OH)–C–C–N with tert-alkyl or cyclic N) is 1. The number of carbonyl (C=O) groups excluding carboxylic acids is 1. The smallest absolute Gasteiger partial charge is 0.326 e. The Kier molecular flexibility index (Phi) is 3.11. The Morgan fingerprint density at radius 1 is 1.38 bits per heavy atom. The molecule has 0 aromatic rings. The van der Waals surface area contributed by atoms with Crippen molar-refractivity contribution in [2.75, 3.05) is 19.6 Å². The quantitative estimate of drug-likeness (QED) is 0.555. The minimum absolute atomic E-state index is 0.143. The molecule has 0 saturated carbocycles. The zero-order chi connectivity index (χ0) is 11.7. The molecule has 1 amide bonds. The third kappa shape index (κ3) is 2.17. The number of amides is 1. The molecule has 2 atom stereocenters. The number of aliphatic carboxylic acids is 1. The summed E-state index contributed by atoms with van der Waals surface area (Å²) in [5, 5.41) is 21.4. The van der Waals surface area contributed by atoms with Crippen LogP contribution in [0.15, 0.2) is 0 Å². The fourth-order valence-electron chi connectivity index (χ4n) is 2.18. The van der Waals surface area contributed by atoms with Gasteiger partial charge in [-0.05, 0) is 19.0 Å². The summed E-state index contributed by atoms with van der Waals surface area (Å²) >= 11 is 0. The van der Waals surface area contributed by atoms with Crippen LogP contribution in [0.25, 0.3) is 0 Å². The van der Waals surface area contributed by atoms with Crippen LogP contribution in [-0.4, -0.2) is 58.8 Å². The van der Waals surface area contributed by atoms with Crippen LogP contribution in [0.4, 0.5) is 0 Å². The monoisotopic (exact) mass is 228 g/mol. The summed E-state index contributed by atoms with van der Waals surface area (Å²) < 4.78 is 0. The number of carbonyl (C=O) groups is 2. The van der Waals surface area contributed by atoms with Gasteiger partial charge in [0.1, 0.15) is 6.04 Å². The Hall–Kier alpha value is -1.14. The molecule has 2 heterocycles. The van der Waals surface area contributed by atoms with Gasteiger partial charge in [0.25, 0.3) is 0 Å². The molecule has 0 aromatic heterocycles. The summed E-state index contributed by atoms with van der Waals surface area (Å²) in [6.07, 6.45) is -0.183. The van der Waals surface area contributed by atoms with Gasteiger partial charge in [-0.25, -0.2) is 4.79 Å². The fraction of sp³-hybridized carbons (Fsp3) is 0.800. The lowest BCUT2D eigenvalue weighted by Crippen LogP contribution is -2.47. The largest absolute Gasteiger partial charge is 0.480 e.